The Hall–Kier alpha value is -3.08. The van der Waals surface area contributed by atoms with Crippen LogP contribution in [-0.2, 0) is 17.6 Å². The zero-order chi connectivity index (χ0) is 23.9. The molecule has 5 rings (SSSR count). The van der Waals surface area contributed by atoms with Crippen LogP contribution in [0.25, 0.3) is 5.65 Å². The number of fused-ring (bicyclic) bond motifs is 2. The summed E-state index contributed by atoms with van der Waals surface area (Å²) in [5.41, 5.74) is 7.41. The Labute approximate surface area is 202 Å². The molecule has 2 aliphatic rings. The number of nitrogens with one attached hydrogen (secondary N) is 2. The van der Waals surface area contributed by atoms with Crippen molar-refractivity contribution in [3.8, 4) is 0 Å². The minimum absolute atomic E-state index is 0.147. The molecule has 3 aromatic rings. The molecule has 3 aromatic heterocycles. The Bertz CT molecular complexity index is 1210. The Morgan fingerprint density at radius 2 is 1.91 bits per heavy atom. The van der Waals surface area contributed by atoms with E-state index in [9.17, 15) is 9.59 Å². The Morgan fingerprint density at radius 1 is 1.12 bits per heavy atom. The number of amides is 2. The number of aromatic nitrogens is 5. The van der Waals surface area contributed by atoms with Crippen molar-refractivity contribution in [3.63, 3.8) is 0 Å². The quantitative estimate of drug-likeness (QED) is 0.551. The van der Waals surface area contributed by atoms with E-state index in [2.05, 4.69) is 57.1 Å². The number of hydrazine groups is 1. The monoisotopic (exact) mass is 482 g/mol. The number of hydrogen-bond acceptors (Lipinski definition) is 8. The molecule has 1 atom stereocenters. The van der Waals surface area contributed by atoms with Gasteiger partial charge in [-0.2, -0.15) is 0 Å². The maximum Gasteiger partial charge on any atom is 0.279 e. The summed E-state index contributed by atoms with van der Waals surface area (Å²) in [6.07, 6.45) is 4.56. The number of aryl methyl sites for hydroxylation is 1. The van der Waals surface area contributed by atoms with E-state index in [1.807, 2.05) is 18.2 Å². The molecule has 1 fully saturated rings. The van der Waals surface area contributed by atoms with Gasteiger partial charge in [0, 0.05) is 23.9 Å². The highest BCUT2D eigenvalue weighted by Gasteiger charge is 2.31. The summed E-state index contributed by atoms with van der Waals surface area (Å²) in [5.74, 6) is 0.864. The highest BCUT2D eigenvalue weighted by molar-refractivity contribution is 7.14. The number of hydrogen-bond donors (Lipinski definition) is 2. The molecule has 2 amide bonds. The molecule has 0 bridgehead atoms. The van der Waals surface area contributed by atoms with Crippen LogP contribution < -0.4 is 15.8 Å². The number of nitrogens with zero attached hydrogens (tertiary/aromatic N) is 6. The van der Waals surface area contributed by atoms with Crippen LogP contribution >= 0.6 is 11.3 Å². The molecule has 11 heteroatoms. The third-order valence-electron chi connectivity index (χ3n) is 7.08. The lowest BCUT2D eigenvalue weighted by Crippen LogP contribution is -2.47. The first-order chi connectivity index (χ1) is 16.3. The van der Waals surface area contributed by atoms with Crippen molar-refractivity contribution < 1.29 is 9.59 Å². The average Bonchev–Trinajstić information content (AvgIpc) is 3.47. The number of tetrazole rings is 1. The van der Waals surface area contributed by atoms with Crippen molar-refractivity contribution in [2.45, 2.75) is 52.9 Å². The third kappa shape index (κ3) is 4.61. The third-order valence-corrected chi connectivity index (χ3v) is 8.31. The fourth-order valence-corrected chi connectivity index (χ4v) is 5.94. The predicted molar refractivity (Wildman–Crippen MR) is 128 cm³/mol. The highest BCUT2D eigenvalue weighted by Crippen LogP contribution is 2.40. The maximum absolute atomic E-state index is 12.7. The molecule has 1 aliphatic heterocycles. The zero-order valence-electron chi connectivity index (χ0n) is 19.7. The molecule has 180 valence electrons. The van der Waals surface area contributed by atoms with Crippen LogP contribution in [0.4, 0.5) is 5.82 Å². The second-order valence-electron chi connectivity index (χ2n) is 10.3. The van der Waals surface area contributed by atoms with Crippen LogP contribution in [0, 0.1) is 17.3 Å². The minimum Gasteiger partial charge on any atom is -0.355 e. The van der Waals surface area contributed by atoms with Crippen LogP contribution in [-0.4, -0.2) is 50.2 Å². The lowest BCUT2D eigenvalue weighted by atomic mass is 9.72. The number of anilines is 1. The Balaban J connectivity index is 1.12. The second-order valence-corrected chi connectivity index (χ2v) is 11.4. The van der Waals surface area contributed by atoms with Crippen LogP contribution in [0.2, 0.25) is 0 Å². The summed E-state index contributed by atoms with van der Waals surface area (Å²) in [6, 6.07) is 5.71. The number of carbonyl (C=O) groups is 2. The van der Waals surface area contributed by atoms with Crippen LogP contribution in [0.15, 0.2) is 18.2 Å². The molecular weight excluding hydrogens is 452 g/mol. The molecule has 4 heterocycles. The van der Waals surface area contributed by atoms with Crippen molar-refractivity contribution in [1.82, 2.24) is 36.1 Å². The second kappa shape index (κ2) is 8.94. The van der Waals surface area contributed by atoms with Crippen LogP contribution in [0.3, 0.4) is 0 Å². The van der Waals surface area contributed by atoms with Gasteiger partial charge in [-0.15, -0.1) is 26.2 Å². The topological polar surface area (TPSA) is 117 Å². The Kier molecular flexibility index (Phi) is 5.97. The van der Waals surface area contributed by atoms with Gasteiger partial charge >= 0.3 is 0 Å². The average molecular weight is 483 g/mol. The summed E-state index contributed by atoms with van der Waals surface area (Å²) >= 11 is 1.55. The maximum atomic E-state index is 12.7. The predicted octanol–water partition coefficient (Wildman–Crippen LogP) is 2.41. The molecule has 1 unspecified atom stereocenters. The standard InChI is InChI=1S/C23H30N8O2S/c1-23(2,3)16-4-5-17-15(12-16)13-18(34-17)22(33)26-25-21(32)14-8-10-30(11-9-14)20-7-6-19-24-28-29-31(19)27-20/h6-7,13-14,16H,4-5,8-12H2,1-3H3,(H,25,32)(H,26,33). The van der Waals surface area contributed by atoms with E-state index in [1.165, 1.54) is 15.1 Å². The van der Waals surface area contributed by atoms with Gasteiger partial charge in [0.15, 0.2) is 11.5 Å². The van der Waals surface area contributed by atoms with Crippen molar-refractivity contribution in [1.29, 1.82) is 0 Å². The number of rotatable bonds is 3. The largest absolute Gasteiger partial charge is 0.355 e. The van der Waals surface area contributed by atoms with E-state index in [1.54, 1.807) is 11.3 Å². The summed E-state index contributed by atoms with van der Waals surface area (Å²) in [5, 5.41) is 15.7. The molecule has 0 spiro atoms. The number of piperidine rings is 1. The van der Waals surface area contributed by atoms with E-state index >= 15 is 0 Å². The summed E-state index contributed by atoms with van der Waals surface area (Å²) in [6.45, 7) is 8.24. The number of thiophene rings is 1. The Morgan fingerprint density at radius 3 is 2.68 bits per heavy atom. The van der Waals surface area contributed by atoms with Gasteiger partial charge in [0.25, 0.3) is 5.91 Å². The van der Waals surface area contributed by atoms with Crippen molar-refractivity contribution >= 4 is 34.6 Å². The molecule has 0 radical (unpaired) electrons. The molecule has 34 heavy (non-hydrogen) atoms. The van der Waals surface area contributed by atoms with E-state index in [0.29, 0.717) is 42.4 Å². The first kappa shape index (κ1) is 22.7. The van der Waals surface area contributed by atoms with E-state index in [0.717, 1.165) is 25.1 Å². The summed E-state index contributed by atoms with van der Waals surface area (Å²) < 4.78 is 1.40. The normalized spacial score (nSPS) is 19.1. The van der Waals surface area contributed by atoms with Gasteiger partial charge in [-0.05, 0) is 77.6 Å². The lowest BCUT2D eigenvalue weighted by Gasteiger charge is -2.33. The molecule has 1 aliphatic carbocycles. The molecule has 1 saturated heterocycles. The van der Waals surface area contributed by atoms with E-state index < -0.39 is 0 Å². The molecule has 0 aromatic carbocycles. The first-order valence-corrected chi connectivity index (χ1v) is 12.6. The van der Waals surface area contributed by atoms with Gasteiger partial charge in [-0.25, -0.2) is 0 Å². The van der Waals surface area contributed by atoms with Crippen LogP contribution in [0.1, 0.15) is 60.1 Å². The summed E-state index contributed by atoms with van der Waals surface area (Å²) in [7, 11) is 0. The smallest absolute Gasteiger partial charge is 0.279 e. The number of carbonyl (C=O) groups excluding carboxylic acids is 2. The van der Waals surface area contributed by atoms with Crippen molar-refractivity contribution in [2.75, 3.05) is 18.0 Å². The van der Waals surface area contributed by atoms with Crippen LogP contribution in [0.5, 0.6) is 0 Å². The van der Waals surface area contributed by atoms with Gasteiger partial charge < -0.3 is 4.90 Å². The fourth-order valence-electron chi connectivity index (χ4n) is 4.84. The first-order valence-electron chi connectivity index (χ1n) is 11.8. The zero-order valence-corrected chi connectivity index (χ0v) is 20.6. The van der Waals surface area contributed by atoms with Crippen molar-refractivity contribution in [3.05, 3.63) is 33.5 Å². The lowest BCUT2D eigenvalue weighted by molar-refractivity contribution is -0.126. The van der Waals surface area contributed by atoms with Gasteiger partial charge in [0.2, 0.25) is 5.91 Å². The summed E-state index contributed by atoms with van der Waals surface area (Å²) in [4.78, 5) is 29.5. The highest BCUT2D eigenvalue weighted by atomic mass is 32.1. The van der Waals surface area contributed by atoms with Crippen molar-refractivity contribution in [2.24, 2.45) is 17.3 Å². The van der Waals surface area contributed by atoms with Gasteiger partial charge in [0.1, 0.15) is 0 Å². The SMILES string of the molecule is CC(C)(C)C1CCc2sc(C(=O)NNC(=O)C3CCN(c4ccc5nnnn5n4)CC3)cc2C1. The molecule has 2 N–H and O–H groups in total. The minimum atomic E-state index is -0.239. The van der Waals surface area contributed by atoms with Gasteiger partial charge in [-0.1, -0.05) is 20.8 Å². The molecule has 10 nitrogen and oxygen atoms in total. The van der Waals surface area contributed by atoms with Gasteiger partial charge in [0.05, 0.1) is 4.88 Å². The molecule has 0 saturated carbocycles. The van der Waals surface area contributed by atoms with Gasteiger partial charge in [-0.3, -0.25) is 20.4 Å². The fraction of sp³-hybridized carbons (Fsp3) is 0.565. The van der Waals surface area contributed by atoms with E-state index in [-0.39, 0.29) is 23.1 Å². The van der Waals surface area contributed by atoms with E-state index in [4.69, 9.17) is 0 Å². The molecular formula is C23H30N8O2S.